The van der Waals surface area contributed by atoms with E-state index in [1.54, 1.807) is 0 Å². The molecule has 0 heterocycles. The summed E-state index contributed by atoms with van der Waals surface area (Å²) in [4.78, 5) is 23.7. The molecule has 0 bridgehead atoms. The van der Waals surface area contributed by atoms with Crippen LogP contribution in [0.1, 0.15) is 0 Å². The maximum atomic E-state index is 8.88. The Morgan fingerprint density at radius 2 is 0.429 bits per heavy atom. The van der Waals surface area contributed by atoms with E-state index in [0.29, 0.717) is 14.7 Å². The lowest BCUT2D eigenvalue weighted by Crippen LogP contribution is -2.01. The lowest BCUT2D eigenvalue weighted by molar-refractivity contribution is 0.275. The van der Waals surface area contributed by atoms with Crippen LogP contribution < -0.4 is 0 Å². The molecule has 0 atom stereocenters. The van der Waals surface area contributed by atoms with E-state index in [1.807, 2.05) is 54.4 Å². The third-order valence-corrected chi connectivity index (χ3v) is 1.46. The van der Waals surface area contributed by atoms with E-state index in [-0.39, 0.29) is 0 Å². The second-order valence-electron chi connectivity index (χ2n) is 3.53. The van der Waals surface area contributed by atoms with Gasteiger partial charge in [-0.1, -0.05) is 0 Å². The molecule has 0 fully saturated rings. The third kappa shape index (κ3) is 42.7. The van der Waals surface area contributed by atoms with Gasteiger partial charge in [0, 0.05) is 0 Å². The highest BCUT2D eigenvalue weighted by atomic mass is 31.2. The summed E-state index contributed by atoms with van der Waals surface area (Å²) in [5, 5.41) is 71.9. The summed E-state index contributed by atoms with van der Waals surface area (Å²) in [7, 11) is -4.64. The van der Waals surface area contributed by atoms with Gasteiger partial charge in [-0.3, -0.25) is 0 Å². The van der Waals surface area contributed by atoms with Crippen molar-refractivity contribution in [3.05, 3.63) is 0 Å². The third-order valence-electron chi connectivity index (χ3n) is 1.46. The fourth-order valence-corrected chi connectivity index (χ4v) is 0.702. The van der Waals surface area contributed by atoms with Gasteiger partial charge in [0.15, 0.2) is 0 Å². The van der Waals surface area contributed by atoms with Gasteiger partial charge in [-0.05, 0) is 0 Å². The van der Waals surface area contributed by atoms with Crippen LogP contribution in [-0.4, -0.2) is 75.3 Å². The molecule has 0 aromatic rings. The van der Waals surface area contributed by atoms with E-state index in [1.165, 1.54) is 55.0 Å². The van der Waals surface area contributed by atoms with Crippen molar-refractivity contribution >= 4 is 7.82 Å². The Labute approximate surface area is 197 Å². The molecule has 0 amide bonds. The predicted octanol–water partition coefficient (Wildman–Crippen LogP) is -3.45. The van der Waals surface area contributed by atoms with E-state index < -0.39 is 7.82 Å². The molecule has 0 radical (unpaired) electrons. The standard InChI is InChI=1S/3C6H3NO3.H3O4P/c3*8-4-1-7(2-5-9)3-6-10;1-5(2,3)4/h3*8-10H;(H3,1,2,3,4). The summed E-state index contributed by atoms with van der Waals surface area (Å²) in [6.07, 6.45) is 13.4. The normalized spacial score (nSPS) is 5.80. The summed E-state index contributed by atoms with van der Waals surface area (Å²) in [5.41, 5.74) is 0. The first-order valence-electron chi connectivity index (χ1n) is 7.06. The van der Waals surface area contributed by atoms with Crippen molar-refractivity contribution in [2.45, 2.75) is 0 Å². The van der Waals surface area contributed by atoms with Gasteiger partial charge in [0.25, 0.3) is 0 Å². The van der Waals surface area contributed by atoms with Crippen LogP contribution in [0.3, 0.4) is 0 Å². The molecule has 0 unspecified atom stereocenters. The smallest absolute Gasteiger partial charge is 0.461 e. The van der Waals surface area contributed by atoms with E-state index in [2.05, 4.69) is 0 Å². The minimum atomic E-state index is -4.64. The molecular weight excluding hydrogens is 497 g/mol. The van der Waals surface area contributed by atoms with Crippen molar-refractivity contribution in [3.8, 4) is 109 Å². The molecule has 12 N–H and O–H groups in total. The molecule has 182 valence electrons. The Morgan fingerprint density at radius 1 is 0.343 bits per heavy atom. The van der Waals surface area contributed by atoms with Crippen LogP contribution in [0.15, 0.2) is 0 Å². The molecule has 35 heavy (non-hydrogen) atoms. The fourth-order valence-electron chi connectivity index (χ4n) is 0.702. The van der Waals surface area contributed by atoms with Gasteiger partial charge in [0.2, 0.25) is 0 Å². The minimum absolute atomic E-state index is 0.708. The van der Waals surface area contributed by atoms with Crippen molar-refractivity contribution in [3.63, 3.8) is 0 Å². The number of phosphoric acid groups is 1. The van der Waals surface area contributed by atoms with Crippen LogP contribution in [0.5, 0.6) is 0 Å². The van der Waals surface area contributed by atoms with Gasteiger partial charge in [0.05, 0.1) is 54.4 Å². The molecule has 0 aliphatic rings. The quantitative estimate of drug-likeness (QED) is 0.0860. The number of aliphatic hydroxyl groups excluding tert-OH is 9. The number of nitrogens with zero attached hydrogens (tertiary/aromatic N) is 3. The van der Waals surface area contributed by atoms with Crippen LogP contribution in [0, 0.1) is 109 Å². The topological polar surface area (TPSA) is 270 Å². The number of aliphatic hydroxyl groups is 9. The van der Waals surface area contributed by atoms with Crippen molar-refractivity contribution in [2.24, 2.45) is 0 Å². The summed E-state index contributed by atoms with van der Waals surface area (Å²) in [5.74, 6) is 0. The van der Waals surface area contributed by atoms with E-state index in [4.69, 9.17) is 65.2 Å². The van der Waals surface area contributed by atoms with Crippen LogP contribution in [0.25, 0.3) is 0 Å². The largest absolute Gasteiger partial charge is 0.466 e. The average Bonchev–Trinajstić information content (AvgIpc) is 2.75. The Morgan fingerprint density at radius 3 is 0.486 bits per heavy atom. The molecule has 17 heteroatoms. The highest BCUT2D eigenvalue weighted by Crippen LogP contribution is 2.25. The van der Waals surface area contributed by atoms with Gasteiger partial charge < -0.3 is 60.6 Å². The number of rotatable bonds is 0. The lowest BCUT2D eigenvalue weighted by Gasteiger charge is -1.90. The van der Waals surface area contributed by atoms with Gasteiger partial charge in [0.1, 0.15) is 55.0 Å². The zero-order chi connectivity index (χ0) is 28.0. The van der Waals surface area contributed by atoms with Gasteiger partial charge in [-0.2, -0.15) is 14.7 Å². The van der Waals surface area contributed by atoms with E-state index in [0.717, 1.165) is 0 Å². The summed E-state index contributed by atoms with van der Waals surface area (Å²) >= 11 is 0. The van der Waals surface area contributed by atoms with Gasteiger partial charge in [-0.15, -0.1) is 0 Å². The maximum absolute atomic E-state index is 8.88. The highest BCUT2D eigenvalue weighted by Gasteiger charge is 2.00. The van der Waals surface area contributed by atoms with E-state index in [9.17, 15) is 0 Å². The molecule has 0 saturated heterocycles. The number of hydrogen-bond acceptors (Lipinski definition) is 13. The highest BCUT2D eigenvalue weighted by molar-refractivity contribution is 7.45. The van der Waals surface area contributed by atoms with E-state index >= 15 is 0 Å². The van der Waals surface area contributed by atoms with Crippen LogP contribution >= 0.6 is 7.82 Å². The first-order chi connectivity index (χ1) is 16.5. The summed E-state index contributed by atoms with van der Waals surface area (Å²) in [6, 6.07) is 17.6. The van der Waals surface area contributed by atoms with Crippen molar-refractivity contribution in [1.82, 2.24) is 14.7 Å². The minimum Gasteiger partial charge on any atom is -0.461 e. The van der Waals surface area contributed by atoms with Gasteiger partial charge in [-0.25, -0.2) is 4.57 Å². The Kier molecular flexibility index (Phi) is 28.7. The van der Waals surface area contributed by atoms with Crippen molar-refractivity contribution < 1.29 is 65.2 Å². The summed E-state index contributed by atoms with van der Waals surface area (Å²) in [6.45, 7) is 0. The van der Waals surface area contributed by atoms with Crippen LogP contribution in [0.4, 0.5) is 0 Å². The predicted molar refractivity (Wildman–Crippen MR) is 107 cm³/mol. The Bertz CT molecular complexity index is 946. The van der Waals surface area contributed by atoms with Crippen LogP contribution in [0.2, 0.25) is 0 Å². The fraction of sp³-hybridized carbons (Fsp3) is 0. The Balaban J connectivity index is -0.000000188. The molecule has 0 spiro atoms. The summed E-state index contributed by atoms with van der Waals surface area (Å²) < 4.78 is 8.88. The number of hydrogen-bond donors (Lipinski definition) is 12. The molecule has 0 aliphatic heterocycles. The first-order valence-corrected chi connectivity index (χ1v) is 8.62. The molecular formula is C18H12N3O13P. The second-order valence-corrected chi connectivity index (χ2v) is 4.56. The molecule has 16 nitrogen and oxygen atoms in total. The molecule has 0 rings (SSSR count). The molecule has 0 aliphatic carbocycles. The molecule has 0 aromatic heterocycles. The first kappa shape index (κ1) is 36.1. The zero-order valence-corrected chi connectivity index (χ0v) is 17.5. The average molecular weight is 509 g/mol. The lowest BCUT2D eigenvalue weighted by atomic mass is 10.8. The Hall–Kier alpha value is -6.25. The van der Waals surface area contributed by atoms with Gasteiger partial charge >= 0.3 is 7.82 Å². The second kappa shape index (κ2) is 27.8. The zero-order valence-electron chi connectivity index (χ0n) is 16.6. The van der Waals surface area contributed by atoms with Crippen molar-refractivity contribution in [2.75, 3.05) is 0 Å². The van der Waals surface area contributed by atoms with Crippen LogP contribution in [-0.2, 0) is 4.57 Å². The SMILES string of the molecule is O=P(O)(O)O.OC#CN(C#CO)C#CO.OC#CN(C#CO)C#CO.OC#CN(C#CO)C#CO. The monoisotopic (exact) mass is 509 g/mol. The molecule has 0 saturated carbocycles. The maximum Gasteiger partial charge on any atom is 0.466 e. The molecule has 0 aromatic carbocycles. The van der Waals surface area contributed by atoms with Crippen molar-refractivity contribution in [1.29, 1.82) is 0 Å².